The van der Waals surface area contributed by atoms with E-state index in [1.54, 1.807) is 37.1 Å². The molecule has 152 valence electrons. The number of aliphatic hydroxyl groups excluding tert-OH is 1. The summed E-state index contributed by atoms with van der Waals surface area (Å²) in [4.78, 5) is 35.2. The molecule has 7 nitrogen and oxygen atoms in total. The molecule has 1 saturated heterocycles. The van der Waals surface area contributed by atoms with Gasteiger partial charge in [-0.05, 0) is 42.3 Å². The molecule has 2 aromatic heterocycles. The lowest BCUT2D eigenvalue weighted by atomic mass is 9.96. The van der Waals surface area contributed by atoms with Crippen molar-refractivity contribution in [1.82, 2.24) is 19.4 Å². The second-order valence-corrected chi connectivity index (χ2v) is 6.94. The molecule has 1 aliphatic rings. The van der Waals surface area contributed by atoms with E-state index in [-0.39, 0.29) is 16.9 Å². The van der Waals surface area contributed by atoms with Crippen LogP contribution in [-0.4, -0.2) is 42.8 Å². The number of halogens is 1. The summed E-state index contributed by atoms with van der Waals surface area (Å²) in [5, 5.41) is 10.8. The van der Waals surface area contributed by atoms with Crippen molar-refractivity contribution >= 4 is 17.4 Å². The van der Waals surface area contributed by atoms with E-state index in [4.69, 9.17) is 0 Å². The molecule has 0 aliphatic carbocycles. The Balaban J connectivity index is 1.71. The fourth-order valence-electron chi connectivity index (χ4n) is 3.60. The maximum absolute atomic E-state index is 13.3. The van der Waals surface area contributed by atoms with Crippen molar-refractivity contribution in [3.63, 3.8) is 0 Å². The van der Waals surface area contributed by atoms with Crippen LogP contribution in [0, 0.1) is 5.82 Å². The summed E-state index contributed by atoms with van der Waals surface area (Å²) in [5.74, 6) is -2.25. The van der Waals surface area contributed by atoms with Crippen molar-refractivity contribution in [3.8, 4) is 0 Å². The second kappa shape index (κ2) is 8.28. The molecular formula is C22H19FN4O3. The lowest BCUT2D eigenvalue weighted by Gasteiger charge is -2.25. The minimum absolute atomic E-state index is 0.0257. The number of likely N-dealkylation sites (tertiary alicyclic amines) is 1. The number of carbonyl (C=O) groups is 2. The first-order chi connectivity index (χ1) is 14.6. The van der Waals surface area contributed by atoms with Crippen LogP contribution in [0.2, 0.25) is 0 Å². The van der Waals surface area contributed by atoms with E-state index < -0.39 is 23.5 Å². The Morgan fingerprint density at radius 3 is 2.53 bits per heavy atom. The molecule has 1 unspecified atom stereocenters. The average Bonchev–Trinajstić information content (AvgIpc) is 3.37. The molecule has 3 aromatic rings. The number of aryl methyl sites for hydroxylation is 1. The van der Waals surface area contributed by atoms with Crippen LogP contribution < -0.4 is 0 Å². The van der Waals surface area contributed by atoms with Crippen molar-refractivity contribution in [2.75, 3.05) is 6.54 Å². The number of hydrogen-bond acceptors (Lipinski definition) is 5. The van der Waals surface area contributed by atoms with Gasteiger partial charge in [0, 0.05) is 43.4 Å². The van der Waals surface area contributed by atoms with Crippen LogP contribution in [-0.2, 0) is 16.1 Å². The number of pyridine rings is 1. The van der Waals surface area contributed by atoms with Crippen molar-refractivity contribution < 1.29 is 19.1 Å². The van der Waals surface area contributed by atoms with Gasteiger partial charge in [-0.1, -0.05) is 6.07 Å². The molecule has 1 fully saturated rings. The van der Waals surface area contributed by atoms with Crippen LogP contribution in [0.5, 0.6) is 0 Å². The summed E-state index contributed by atoms with van der Waals surface area (Å²) in [6.07, 6.45) is 8.93. The van der Waals surface area contributed by atoms with Gasteiger partial charge in [0.15, 0.2) is 0 Å². The third-order valence-electron chi connectivity index (χ3n) is 5.03. The third-order valence-corrected chi connectivity index (χ3v) is 5.03. The summed E-state index contributed by atoms with van der Waals surface area (Å²) in [6, 6.07) is 7.81. The van der Waals surface area contributed by atoms with Gasteiger partial charge in [-0.15, -0.1) is 0 Å². The van der Waals surface area contributed by atoms with Crippen LogP contribution in [0.1, 0.15) is 23.6 Å². The summed E-state index contributed by atoms with van der Waals surface area (Å²) in [5.41, 5.74) is 0.854. The number of aliphatic hydroxyl groups is 1. The number of Topliss-reactive ketones (excluding diaryl/α,β-unsaturated/α-hetero) is 1. The van der Waals surface area contributed by atoms with E-state index in [2.05, 4.69) is 9.97 Å². The minimum atomic E-state index is -0.772. The van der Waals surface area contributed by atoms with Gasteiger partial charge in [-0.25, -0.2) is 9.37 Å². The Morgan fingerprint density at radius 1 is 1.07 bits per heavy atom. The Hall–Kier alpha value is -3.81. The van der Waals surface area contributed by atoms with E-state index in [9.17, 15) is 19.1 Å². The lowest BCUT2D eigenvalue weighted by Crippen LogP contribution is -2.31. The van der Waals surface area contributed by atoms with Crippen molar-refractivity contribution in [3.05, 3.63) is 90.0 Å². The number of nitrogens with zero attached hydrogens (tertiary/aromatic N) is 4. The largest absolute Gasteiger partial charge is 0.507 e. The van der Waals surface area contributed by atoms with E-state index in [0.717, 1.165) is 0 Å². The second-order valence-electron chi connectivity index (χ2n) is 6.94. The van der Waals surface area contributed by atoms with Gasteiger partial charge in [0.05, 0.1) is 17.9 Å². The molecule has 1 atom stereocenters. The van der Waals surface area contributed by atoms with Crippen LogP contribution in [0.4, 0.5) is 4.39 Å². The molecule has 1 aromatic carbocycles. The predicted molar refractivity (Wildman–Crippen MR) is 106 cm³/mol. The highest BCUT2D eigenvalue weighted by Gasteiger charge is 2.45. The molecule has 1 aliphatic heterocycles. The highest BCUT2D eigenvalue weighted by atomic mass is 19.1. The molecular weight excluding hydrogens is 387 g/mol. The number of rotatable bonds is 6. The Bertz CT molecular complexity index is 1080. The van der Waals surface area contributed by atoms with Crippen molar-refractivity contribution in [2.24, 2.45) is 0 Å². The fourth-order valence-corrected chi connectivity index (χ4v) is 3.60. The summed E-state index contributed by atoms with van der Waals surface area (Å²) < 4.78 is 15.2. The number of imidazole rings is 1. The zero-order chi connectivity index (χ0) is 21.1. The maximum atomic E-state index is 13.3. The average molecular weight is 406 g/mol. The lowest BCUT2D eigenvalue weighted by molar-refractivity contribution is -0.139. The topological polar surface area (TPSA) is 88.3 Å². The van der Waals surface area contributed by atoms with Gasteiger partial charge in [0.1, 0.15) is 11.6 Å². The van der Waals surface area contributed by atoms with Crippen molar-refractivity contribution in [1.29, 1.82) is 0 Å². The molecule has 0 bridgehead atoms. The number of amides is 1. The van der Waals surface area contributed by atoms with Crippen LogP contribution in [0.15, 0.2) is 73.1 Å². The van der Waals surface area contributed by atoms with E-state index in [0.29, 0.717) is 25.1 Å². The maximum Gasteiger partial charge on any atom is 0.295 e. The molecule has 8 heteroatoms. The number of hydrogen-bond donors (Lipinski definition) is 1. The molecule has 0 saturated carbocycles. The van der Waals surface area contributed by atoms with Crippen molar-refractivity contribution in [2.45, 2.75) is 19.0 Å². The molecule has 1 N–H and O–H groups in total. The molecule has 4 rings (SSSR count). The van der Waals surface area contributed by atoms with Gasteiger partial charge in [-0.3, -0.25) is 14.6 Å². The van der Waals surface area contributed by atoms with Crippen LogP contribution >= 0.6 is 0 Å². The number of carbonyl (C=O) groups excluding carboxylic acids is 2. The Morgan fingerprint density at radius 2 is 1.87 bits per heavy atom. The quantitative estimate of drug-likeness (QED) is 0.386. The zero-order valence-corrected chi connectivity index (χ0v) is 16.0. The van der Waals surface area contributed by atoms with Gasteiger partial charge in [0.2, 0.25) is 0 Å². The zero-order valence-electron chi connectivity index (χ0n) is 16.0. The molecule has 1 amide bonds. The van der Waals surface area contributed by atoms with Gasteiger partial charge in [0.25, 0.3) is 11.7 Å². The molecule has 0 spiro atoms. The molecule has 0 radical (unpaired) electrons. The predicted octanol–water partition coefficient (Wildman–Crippen LogP) is 2.93. The number of aromatic nitrogens is 3. The molecule has 3 heterocycles. The highest BCUT2D eigenvalue weighted by molar-refractivity contribution is 6.46. The summed E-state index contributed by atoms with van der Waals surface area (Å²) in [6.45, 7) is 0.934. The Kier molecular flexibility index (Phi) is 5.38. The highest BCUT2D eigenvalue weighted by Crippen LogP contribution is 2.39. The van der Waals surface area contributed by atoms with Gasteiger partial charge in [-0.2, -0.15) is 0 Å². The first-order valence-electron chi connectivity index (χ1n) is 9.46. The SMILES string of the molecule is O=C1C(=O)N(CCCn2ccnc2)C(c2cccnc2)/C1=C(\O)c1ccc(F)cc1. The first kappa shape index (κ1) is 19.5. The van der Waals surface area contributed by atoms with E-state index >= 15 is 0 Å². The number of ketones is 1. The van der Waals surface area contributed by atoms with Crippen LogP contribution in [0.3, 0.4) is 0 Å². The van der Waals surface area contributed by atoms with Gasteiger partial charge >= 0.3 is 0 Å². The summed E-state index contributed by atoms with van der Waals surface area (Å²) >= 11 is 0. The number of benzene rings is 1. The molecule has 30 heavy (non-hydrogen) atoms. The van der Waals surface area contributed by atoms with Crippen LogP contribution in [0.25, 0.3) is 5.76 Å². The first-order valence-corrected chi connectivity index (χ1v) is 9.46. The third kappa shape index (κ3) is 3.71. The standard InChI is InChI=1S/C22H19FN4O3/c23-17-6-4-15(5-7-17)20(28)18-19(16-3-1-8-24-13-16)27(22(30)21(18)29)11-2-10-26-12-9-25-14-26/h1,3-9,12-14,19,28H,2,10-11H2/b20-18+. The monoisotopic (exact) mass is 406 g/mol. The van der Waals surface area contributed by atoms with E-state index in [1.165, 1.54) is 29.2 Å². The summed E-state index contributed by atoms with van der Waals surface area (Å²) in [7, 11) is 0. The Labute approximate surface area is 172 Å². The normalized spacial score (nSPS) is 18.2. The fraction of sp³-hybridized carbons (Fsp3) is 0.182. The minimum Gasteiger partial charge on any atom is -0.507 e. The van der Waals surface area contributed by atoms with Gasteiger partial charge < -0.3 is 14.6 Å². The smallest absolute Gasteiger partial charge is 0.295 e. The van der Waals surface area contributed by atoms with E-state index in [1.807, 2.05) is 10.8 Å².